The van der Waals surface area contributed by atoms with Gasteiger partial charge in [0, 0.05) is 19.5 Å². The summed E-state index contributed by atoms with van der Waals surface area (Å²) < 4.78 is 21.5. The van der Waals surface area contributed by atoms with E-state index in [0.29, 0.717) is 25.9 Å². The monoisotopic (exact) mass is 861 g/mol. The Balaban J connectivity index is 0.768. The first-order valence-corrected chi connectivity index (χ1v) is 20.7. The van der Waals surface area contributed by atoms with Crippen molar-refractivity contribution in [3.05, 3.63) is 70.4 Å². The average Bonchev–Trinajstić information content (AvgIpc) is 3.98. The molecule has 3 aromatic rings. The van der Waals surface area contributed by atoms with Crippen LogP contribution in [0.25, 0.3) is 10.4 Å². The molecule has 1 aromatic heterocycles. The van der Waals surface area contributed by atoms with Crippen molar-refractivity contribution in [2.24, 2.45) is 0 Å². The third-order valence-electron chi connectivity index (χ3n) is 10.1. The molecule has 1 unspecified atom stereocenters. The zero-order chi connectivity index (χ0) is 43.3. The summed E-state index contributed by atoms with van der Waals surface area (Å²) in [6.07, 6.45) is 1.23. The number of carbonyl (C=O) groups is 8. The Kier molecular flexibility index (Phi) is 15.8. The van der Waals surface area contributed by atoms with Crippen LogP contribution in [0.2, 0.25) is 0 Å². The number of hydrogen-bond acceptors (Lipinski definition) is 14. The van der Waals surface area contributed by atoms with E-state index in [2.05, 4.69) is 26.3 Å². The van der Waals surface area contributed by atoms with Gasteiger partial charge in [0.15, 0.2) is 0 Å². The number of rotatable bonds is 21. The van der Waals surface area contributed by atoms with Crippen molar-refractivity contribution in [2.45, 2.75) is 51.2 Å². The molecule has 6 rings (SSSR count). The second-order valence-corrected chi connectivity index (χ2v) is 15.1. The molecule has 3 aliphatic heterocycles. The van der Waals surface area contributed by atoms with E-state index >= 15 is 0 Å². The molecule has 4 N–H and O–H groups in total. The second-order valence-electron chi connectivity index (χ2n) is 14.3. The highest BCUT2D eigenvalue weighted by Gasteiger charge is 2.45. The fraction of sp³-hybridized carbons (Fsp3) is 0.439. The molecule has 19 nitrogen and oxygen atoms in total. The Morgan fingerprint density at radius 2 is 1.52 bits per heavy atom. The van der Waals surface area contributed by atoms with Gasteiger partial charge in [-0.15, -0.1) is 11.3 Å². The quantitative estimate of drug-likeness (QED) is 0.0863. The molecule has 2 aromatic carbocycles. The molecule has 0 aliphatic carbocycles. The summed E-state index contributed by atoms with van der Waals surface area (Å²) in [6, 6.07) is 10.6. The number of benzene rings is 2. The van der Waals surface area contributed by atoms with Crippen molar-refractivity contribution >= 4 is 64.3 Å². The molecule has 2 fully saturated rings. The third-order valence-corrected chi connectivity index (χ3v) is 11.0. The van der Waals surface area contributed by atoms with E-state index in [4.69, 9.17) is 18.9 Å². The minimum atomic E-state index is -1.13. The van der Waals surface area contributed by atoms with Gasteiger partial charge in [-0.25, -0.2) is 4.98 Å². The Labute approximate surface area is 354 Å². The number of likely N-dealkylation sites (tertiary alicyclic amines) is 1. The van der Waals surface area contributed by atoms with Crippen LogP contribution in [0.3, 0.4) is 0 Å². The van der Waals surface area contributed by atoms with E-state index in [-0.39, 0.29) is 101 Å². The Morgan fingerprint density at radius 1 is 0.836 bits per heavy atom. The number of aryl methyl sites for hydroxylation is 1. The average molecular weight is 862 g/mol. The van der Waals surface area contributed by atoms with Gasteiger partial charge in [-0.05, 0) is 49.4 Å². The molecule has 0 bridgehead atoms. The number of piperidine rings is 1. The number of imide groups is 2. The smallest absolute Gasteiger partial charge is 0.264 e. The van der Waals surface area contributed by atoms with Crippen LogP contribution in [-0.4, -0.2) is 140 Å². The number of anilines is 1. The highest BCUT2D eigenvalue weighted by Crippen LogP contribution is 2.32. The van der Waals surface area contributed by atoms with Crippen molar-refractivity contribution in [1.29, 1.82) is 0 Å². The lowest BCUT2D eigenvalue weighted by Gasteiger charge is -2.27. The Bertz CT molecular complexity index is 2130. The highest BCUT2D eigenvalue weighted by molar-refractivity contribution is 7.13. The van der Waals surface area contributed by atoms with Crippen LogP contribution in [0, 0.1) is 6.92 Å². The molecule has 61 heavy (non-hydrogen) atoms. The van der Waals surface area contributed by atoms with Crippen LogP contribution in [-0.2, 0) is 54.3 Å². The van der Waals surface area contributed by atoms with Gasteiger partial charge in [-0.1, -0.05) is 30.3 Å². The summed E-state index contributed by atoms with van der Waals surface area (Å²) in [5, 5.41) is 10.2. The number of hydrogen-bond donors (Lipinski definition) is 4. The number of nitrogens with one attached hydrogen (secondary N) is 4. The summed E-state index contributed by atoms with van der Waals surface area (Å²) >= 11 is 1.58. The predicted octanol–water partition coefficient (Wildman–Crippen LogP) is 0.948. The van der Waals surface area contributed by atoms with Crippen molar-refractivity contribution in [3.63, 3.8) is 0 Å². The van der Waals surface area contributed by atoms with E-state index in [0.717, 1.165) is 26.6 Å². The Hall–Kier alpha value is -5.93. The highest BCUT2D eigenvalue weighted by atomic mass is 32.1. The first kappa shape index (κ1) is 44.6. The molecule has 20 heteroatoms. The lowest BCUT2D eigenvalue weighted by Crippen LogP contribution is -2.54. The largest absolute Gasteiger partial charge is 0.377 e. The summed E-state index contributed by atoms with van der Waals surface area (Å²) in [7, 11) is 0. The molecule has 2 atom stereocenters. The van der Waals surface area contributed by atoms with Crippen molar-refractivity contribution in [3.8, 4) is 10.4 Å². The maximum atomic E-state index is 13.2. The maximum absolute atomic E-state index is 13.2. The standard InChI is InChI=1S/C41H47N7O12S/c1-25-37(61-24-44-25)27-9-7-26(8-10-27)20-43-38(53)30-6-3-13-47(30)35(52)21-42-33(50)22-59-18-16-57-14-15-58-17-19-60-23-34(51)45-29-5-2-4-28-36(29)41(56)48(40(28)55)31-11-12-32(49)46-39(31)54/h2,4-5,7-10,24,30-31H,3,6,11-23H2,1H3,(H,42,50)(H,43,53)(H,45,51)(H,46,49,54)/t30-,31?/m0/s1. The molecular weight excluding hydrogens is 815 g/mol. The van der Waals surface area contributed by atoms with Crippen molar-refractivity contribution in [2.75, 3.05) is 71.3 Å². The lowest BCUT2D eigenvalue weighted by molar-refractivity contribution is -0.139. The van der Waals surface area contributed by atoms with E-state index < -0.39 is 47.5 Å². The van der Waals surface area contributed by atoms with Gasteiger partial charge in [0.2, 0.25) is 35.4 Å². The van der Waals surface area contributed by atoms with Crippen LogP contribution in [0.15, 0.2) is 48.0 Å². The molecule has 324 valence electrons. The van der Waals surface area contributed by atoms with E-state index in [1.165, 1.54) is 23.1 Å². The molecule has 2 saturated heterocycles. The normalized spacial score (nSPS) is 17.3. The summed E-state index contributed by atoms with van der Waals surface area (Å²) in [5.41, 5.74) is 4.88. The molecule has 0 spiro atoms. The molecular formula is C41H47N7O12S. The van der Waals surface area contributed by atoms with E-state index in [9.17, 15) is 38.4 Å². The van der Waals surface area contributed by atoms with Crippen LogP contribution >= 0.6 is 11.3 Å². The van der Waals surface area contributed by atoms with E-state index in [1.54, 1.807) is 11.3 Å². The minimum absolute atomic E-state index is 0.00980. The first-order chi connectivity index (χ1) is 29.5. The zero-order valence-corrected chi connectivity index (χ0v) is 34.3. The fourth-order valence-electron chi connectivity index (χ4n) is 7.02. The van der Waals surface area contributed by atoms with Gasteiger partial charge < -0.3 is 39.8 Å². The molecule has 0 saturated carbocycles. The second kappa shape index (κ2) is 21.5. The topological polar surface area (TPSA) is 241 Å². The number of nitrogens with zero attached hydrogens (tertiary/aromatic N) is 3. The number of amides is 8. The number of thiazole rings is 1. The lowest BCUT2D eigenvalue weighted by atomic mass is 10.0. The van der Waals surface area contributed by atoms with Gasteiger partial charge in [0.1, 0.15) is 25.3 Å². The van der Waals surface area contributed by atoms with Gasteiger partial charge >= 0.3 is 0 Å². The van der Waals surface area contributed by atoms with Crippen LogP contribution < -0.4 is 21.3 Å². The molecule has 4 heterocycles. The van der Waals surface area contributed by atoms with Crippen molar-refractivity contribution in [1.82, 2.24) is 30.7 Å². The predicted molar refractivity (Wildman–Crippen MR) is 217 cm³/mol. The number of ether oxygens (including phenoxy) is 4. The zero-order valence-electron chi connectivity index (χ0n) is 33.5. The summed E-state index contributed by atoms with van der Waals surface area (Å²) in [4.78, 5) is 108. The fourth-order valence-corrected chi connectivity index (χ4v) is 7.83. The summed E-state index contributed by atoms with van der Waals surface area (Å²) in [6.45, 7) is 2.86. The van der Waals surface area contributed by atoms with Gasteiger partial charge in [-0.2, -0.15) is 0 Å². The van der Waals surface area contributed by atoms with E-state index in [1.807, 2.05) is 36.7 Å². The number of fused-ring (bicyclic) bond motifs is 1. The molecule has 8 amide bonds. The first-order valence-electron chi connectivity index (χ1n) is 19.8. The van der Waals surface area contributed by atoms with Gasteiger partial charge in [0.05, 0.1) is 79.1 Å². The van der Waals surface area contributed by atoms with Gasteiger partial charge in [-0.3, -0.25) is 48.6 Å². The van der Waals surface area contributed by atoms with Crippen LogP contribution in [0.5, 0.6) is 0 Å². The van der Waals surface area contributed by atoms with Gasteiger partial charge in [0.25, 0.3) is 11.8 Å². The van der Waals surface area contributed by atoms with Crippen LogP contribution in [0.1, 0.15) is 57.7 Å². The van der Waals surface area contributed by atoms with Crippen LogP contribution in [0.4, 0.5) is 5.69 Å². The SMILES string of the molecule is Cc1ncsc1-c1ccc(CNC(=O)[C@@H]2CCCN2C(=O)CNC(=O)COCCOCCOCCOCC(=O)Nc2cccc3c2C(=O)N(C2CCC(=O)NC2=O)C3=O)cc1. The molecule has 0 radical (unpaired) electrons. The number of carbonyl (C=O) groups excluding carboxylic acids is 8. The number of aromatic nitrogens is 1. The van der Waals surface area contributed by atoms with Crippen molar-refractivity contribution < 1.29 is 57.3 Å². The maximum Gasteiger partial charge on any atom is 0.264 e. The Morgan fingerprint density at radius 3 is 2.20 bits per heavy atom. The summed E-state index contributed by atoms with van der Waals surface area (Å²) in [5.74, 6) is -4.27. The third kappa shape index (κ3) is 11.7. The molecule has 3 aliphatic rings. The minimum Gasteiger partial charge on any atom is -0.377 e.